The van der Waals surface area contributed by atoms with E-state index in [2.05, 4.69) is 15.4 Å². The number of aromatic nitrogens is 3. The molecule has 1 fully saturated rings. The second-order valence-corrected chi connectivity index (χ2v) is 6.84. The van der Waals surface area contributed by atoms with Gasteiger partial charge in [0.05, 0.1) is 25.3 Å². The van der Waals surface area contributed by atoms with Gasteiger partial charge >= 0.3 is 6.18 Å². The molecule has 29 heavy (non-hydrogen) atoms. The number of carbonyl (C=O) groups excluding carboxylic acids is 1. The summed E-state index contributed by atoms with van der Waals surface area (Å²) in [5, 5.41) is 17.4. The maximum Gasteiger partial charge on any atom is 0.433 e. The molecule has 3 aromatic rings. The molecule has 0 spiro atoms. The van der Waals surface area contributed by atoms with Gasteiger partial charge in [-0.15, -0.1) is 0 Å². The molecule has 1 amide bonds. The number of aliphatic hydroxyl groups excluding tert-OH is 1. The summed E-state index contributed by atoms with van der Waals surface area (Å²) in [6, 6.07) is 6.38. The van der Waals surface area contributed by atoms with Gasteiger partial charge in [0.25, 0.3) is 5.91 Å². The first-order chi connectivity index (χ1) is 13.8. The maximum atomic E-state index is 12.8. The van der Waals surface area contributed by atoms with Crippen LogP contribution in [0.5, 0.6) is 0 Å². The fourth-order valence-electron chi connectivity index (χ4n) is 3.07. The number of aliphatic hydroxyl groups is 1. The number of pyridine rings is 1. The number of carbonyl (C=O) groups is 1. The largest absolute Gasteiger partial charge is 0.433 e. The zero-order chi connectivity index (χ0) is 20.6. The molecular formula is C19H17F3N4O3. The monoisotopic (exact) mass is 406 g/mol. The normalized spacial score (nSPS) is 14.8. The number of nitrogens with zero attached hydrogens (tertiary/aromatic N) is 3. The van der Waals surface area contributed by atoms with Crippen molar-refractivity contribution >= 4 is 22.5 Å². The summed E-state index contributed by atoms with van der Waals surface area (Å²) in [6.07, 6.45) is -2.83. The number of halogens is 3. The van der Waals surface area contributed by atoms with Crippen LogP contribution in [0.4, 0.5) is 18.9 Å². The van der Waals surface area contributed by atoms with E-state index in [1.165, 1.54) is 6.07 Å². The van der Waals surface area contributed by atoms with Crippen molar-refractivity contribution in [3.63, 3.8) is 0 Å². The standard InChI is InChI=1S/C19H17F3N4O3/c20-19(21,22)17-3-1-2-14(23-17)18(28)24-15-4-12-7-26(6-11-9-29-10-11)25-16(12)5-13(15)8-27/h1-5,7,11,27H,6,8-10H2,(H,24,28). The van der Waals surface area contributed by atoms with Crippen LogP contribution in [-0.2, 0) is 24.1 Å². The number of nitrogens with one attached hydrogen (secondary N) is 1. The van der Waals surface area contributed by atoms with E-state index in [9.17, 15) is 23.1 Å². The molecule has 0 saturated carbocycles. The highest BCUT2D eigenvalue weighted by atomic mass is 19.4. The predicted octanol–water partition coefficient (Wildman–Crippen LogP) is 2.84. The van der Waals surface area contributed by atoms with Gasteiger partial charge < -0.3 is 15.2 Å². The highest BCUT2D eigenvalue weighted by Gasteiger charge is 2.33. The third-order valence-corrected chi connectivity index (χ3v) is 4.62. The molecule has 4 rings (SSSR count). The first-order valence-electron chi connectivity index (χ1n) is 8.88. The van der Waals surface area contributed by atoms with Gasteiger partial charge in [-0.3, -0.25) is 9.48 Å². The molecular weight excluding hydrogens is 389 g/mol. The van der Waals surface area contributed by atoms with E-state index in [0.717, 1.165) is 17.5 Å². The number of hydrogen-bond donors (Lipinski definition) is 2. The summed E-state index contributed by atoms with van der Waals surface area (Å²) >= 11 is 0. The molecule has 0 unspecified atom stereocenters. The van der Waals surface area contributed by atoms with Gasteiger partial charge in [0, 0.05) is 35.3 Å². The van der Waals surface area contributed by atoms with Crippen molar-refractivity contribution in [2.45, 2.75) is 19.3 Å². The molecule has 1 aliphatic rings. The minimum atomic E-state index is -4.65. The summed E-state index contributed by atoms with van der Waals surface area (Å²) in [5.41, 5.74) is -0.191. The Balaban J connectivity index is 1.60. The second-order valence-electron chi connectivity index (χ2n) is 6.84. The quantitative estimate of drug-likeness (QED) is 0.680. The third kappa shape index (κ3) is 4.08. The van der Waals surface area contributed by atoms with Crippen LogP contribution in [0.3, 0.4) is 0 Å². The number of alkyl halides is 3. The highest BCUT2D eigenvalue weighted by Crippen LogP contribution is 2.28. The Bertz CT molecular complexity index is 1060. The van der Waals surface area contributed by atoms with Crippen molar-refractivity contribution in [3.05, 3.63) is 53.5 Å². The lowest BCUT2D eigenvalue weighted by Crippen LogP contribution is -2.31. The third-order valence-electron chi connectivity index (χ3n) is 4.62. The summed E-state index contributed by atoms with van der Waals surface area (Å²) in [7, 11) is 0. The summed E-state index contributed by atoms with van der Waals surface area (Å²) in [4.78, 5) is 15.8. The molecule has 0 aliphatic carbocycles. The molecule has 2 N–H and O–H groups in total. The van der Waals surface area contributed by atoms with E-state index in [0.29, 0.717) is 36.8 Å². The van der Waals surface area contributed by atoms with E-state index in [-0.39, 0.29) is 18.0 Å². The van der Waals surface area contributed by atoms with Crippen LogP contribution >= 0.6 is 0 Å². The van der Waals surface area contributed by atoms with Gasteiger partial charge in [-0.25, -0.2) is 4.98 Å². The van der Waals surface area contributed by atoms with Crippen molar-refractivity contribution < 1.29 is 27.8 Å². The minimum absolute atomic E-state index is 0.288. The Morgan fingerprint density at radius 1 is 1.31 bits per heavy atom. The van der Waals surface area contributed by atoms with Gasteiger partial charge in [-0.1, -0.05) is 6.07 Å². The zero-order valence-electron chi connectivity index (χ0n) is 15.1. The highest BCUT2D eigenvalue weighted by molar-refractivity contribution is 6.04. The van der Waals surface area contributed by atoms with E-state index in [1.807, 2.05) is 6.20 Å². The minimum Gasteiger partial charge on any atom is -0.392 e. The van der Waals surface area contributed by atoms with Crippen molar-refractivity contribution in [3.8, 4) is 0 Å². The molecule has 2 aromatic heterocycles. The molecule has 1 aliphatic heterocycles. The molecule has 10 heteroatoms. The summed E-state index contributed by atoms with van der Waals surface area (Å²) in [5.74, 6) is -0.406. The molecule has 152 valence electrons. The Hall–Kier alpha value is -2.98. The van der Waals surface area contributed by atoms with Gasteiger partial charge in [0.2, 0.25) is 0 Å². The fraction of sp³-hybridized carbons (Fsp3) is 0.316. The van der Waals surface area contributed by atoms with E-state index >= 15 is 0 Å². The maximum absolute atomic E-state index is 12.8. The summed E-state index contributed by atoms with van der Waals surface area (Å²) < 4.78 is 45.4. The lowest BCUT2D eigenvalue weighted by atomic mass is 10.1. The number of fused-ring (bicyclic) bond motifs is 1. The van der Waals surface area contributed by atoms with Gasteiger partial charge in [-0.2, -0.15) is 18.3 Å². The van der Waals surface area contributed by atoms with Gasteiger partial charge in [-0.05, 0) is 24.3 Å². The SMILES string of the molecule is O=C(Nc1cc2cn(CC3COC3)nc2cc1CO)c1cccc(C(F)(F)F)n1. The molecule has 0 bridgehead atoms. The molecule has 0 radical (unpaired) electrons. The average Bonchev–Trinajstić information content (AvgIpc) is 3.05. The molecule has 1 aromatic carbocycles. The number of benzene rings is 1. The first kappa shape index (κ1) is 19.3. The molecule has 3 heterocycles. The molecule has 1 saturated heterocycles. The van der Waals surface area contributed by atoms with Gasteiger partial charge in [0.15, 0.2) is 0 Å². The number of rotatable bonds is 5. The van der Waals surface area contributed by atoms with Crippen LogP contribution < -0.4 is 5.32 Å². The van der Waals surface area contributed by atoms with Crippen LogP contribution in [0, 0.1) is 5.92 Å². The number of amides is 1. The van der Waals surface area contributed by atoms with Crippen molar-refractivity contribution in [2.75, 3.05) is 18.5 Å². The average molecular weight is 406 g/mol. The van der Waals surface area contributed by atoms with Crippen LogP contribution in [0.15, 0.2) is 36.5 Å². The fourth-order valence-corrected chi connectivity index (χ4v) is 3.07. The topological polar surface area (TPSA) is 89.3 Å². The van der Waals surface area contributed by atoms with Crippen LogP contribution in [0.2, 0.25) is 0 Å². The molecule has 0 atom stereocenters. The van der Waals surface area contributed by atoms with E-state index in [4.69, 9.17) is 4.74 Å². The number of anilines is 1. The smallest absolute Gasteiger partial charge is 0.392 e. The number of hydrogen-bond acceptors (Lipinski definition) is 5. The molecule has 7 nitrogen and oxygen atoms in total. The Morgan fingerprint density at radius 3 is 2.76 bits per heavy atom. The number of ether oxygens (including phenoxy) is 1. The van der Waals surface area contributed by atoms with Crippen molar-refractivity contribution in [1.29, 1.82) is 0 Å². The van der Waals surface area contributed by atoms with E-state index in [1.54, 1.807) is 16.8 Å². The Kier molecular flexibility index (Phi) is 4.97. The second kappa shape index (κ2) is 7.45. The lowest BCUT2D eigenvalue weighted by molar-refractivity contribution is -0.141. The Morgan fingerprint density at radius 2 is 2.10 bits per heavy atom. The summed E-state index contributed by atoms with van der Waals surface area (Å²) in [6.45, 7) is 1.69. The first-order valence-corrected chi connectivity index (χ1v) is 8.88. The van der Waals surface area contributed by atoms with Crippen molar-refractivity contribution in [1.82, 2.24) is 14.8 Å². The van der Waals surface area contributed by atoms with Crippen LogP contribution in [-0.4, -0.2) is 39.0 Å². The van der Waals surface area contributed by atoms with Crippen molar-refractivity contribution in [2.24, 2.45) is 5.92 Å². The van der Waals surface area contributed by atoms with Crippen LogP contribution in [0.25, 0.3) is 10.9 Å². The predicted molar refractivity (Wildman–Crippen MR) is 97.2 cm³/mol. The van der Waals surface area contributed by atoms with Crippen LogP contribution in [0.1, 0.15) is 21.7 Å². The Labute approximate surface area is 163 Å². The lowest BCUT2D eigenvalue weighted by Gasteiger charge is -2.25. The van der Waals surface area contributed by atoms with E-state index < -0.39 is 17.8 Å². The zero-order valence-corrected chi connectivity index (χ0v) is 15.1. The van der Waals surface area contributed by atoms with Gasteiger partial charge in [0.1, 0.15) is 11.4 Å².